The Kier molecular flexibility index (Phi) is 6.79. The maximum atomic E-state index is 11.3. The third-order valence-electron chi connectivity index (χ3n) is 4.41. The van der Waals surface area contributed by atoms with E-state index in [1.54, 1.807) is 25.3 Å². The Hall–Kier alpha value is -1.37. The summed E-state index contributed by atoms with van der Waals surface area (Å²) in [6.45, 7) is 12.9. The van der Waals surface area contributed by atoms with Gasteiger partial charge in [0.05, 0.1) is 12.7 Å². The molecule has 0 aliphatic carbocycles. The summed E-state index contributed by atoms with van der Waals surface area (Å²) in [6.07, 6.45) is 0. The van der Waals surface area contributed by atoms with Crippen molar-refractivity contribution in [2.24, 2.45) is 0 Å². The SMILES string of the molecule is COc1ccc(C(=O)O)c(CNCCO[Si](C)(C)C(C)(C)C)c1. The number of nitrogens with one attached hydrogen (secondary N) is 1. The van der Waals surface area contributed by atoms with Crippen LogP contribution in [0.4, 0.5) is 0 Å². The predicted octanol–water partition coefficient (Wildman–Crippen LogP) is 3.50. The topological polar surface area (TPSA) is 67.8 Å². The summed E-state index contributed by atoms with van der Waals surface area (Å²) >= 11 is 0. The van der Waals surface area contributed by atoms with Gasteiger partial charge in [0.1, 0.15) is 5.75 Å². The molecule has 23 heavy (non-hydrogen) atoms. The second kappa shape index (κ2) is 7.94. The third kappa shape index (κ3) is 5.64. The molecule has 5 nitrogen and oxygen atoms in total. The van der Waals surface area contributed by atoms with E-state index in [1.165, 1.54) is 0 Å². The Balaban J connectivity index is 2.55. The zero-order valence-electron chi connectivity index (χ0n) is 15.0. The molecule has 0 saturated heterocycles. The normalized spacial score (nSPS) is 12.3. The van der Waals surface area contributed by atoms with E-state index in [0.717, 1.165) is 0 Å². The Morgan fingerprint density at radius 2 is 1.96 bits per heavy atom. The van der Waals surface area contributed by atoms with Gasteiger partial charge in [0, 0.05) is 19.7 Å². The van der Waals surface area contributed by atoms with Crippen LogP contribution in [-0.4, -0.2) is 39.7 Å². The molecule has 2 N–H and O–H groups in total. The van der Waals surface area contributed by atoms with Crippen molar-refractivity contribution in [2.75, 3.05) is 20.3 Å². The minimum atomic E-state index is -1.73. The summed E-state index contributed by atoms with van der Waals surface area (Å²) in [4.78, 5) is 11.3. The van der Waals surface area contributed by atoms with Gasteiger partial charge in [-0.05, 0) is 41.9 Å². The minimum absolute atomic E-state index is 0.191. The van der Waals surface area contributed by atoms with Crippen LogP contribution in [0.5, 0.6) is 5.75 Å². The maximum absolute atomic E-state index is 11.3. The van der Waals surface area contributed by atoms with Crippen molar-refractivity contribution in [2.45, 2.75) is 45.4 Å². The van der Waals surface area contributed by atoms with Crippen LogP contribution in [0, 0.1) is 0 Å². The number of carboxylic acid groups (broad SMARTS) is 1. The van der Waals surface area contributed by atoms with Crippen molar-refractivity contribution in [3.8, 4) is 5.75 Å². The fraction of sp³-hybridized carbons (Fsp3) is 0.588. The van der Waals surface area contributed by atoms with Crippen molar-refractivity contribution in [3.05, 3.63) is 29.3 Å². The number of carbonyl (C=O) groups is 1. The highest BCUT2D eigenvalue weighted by Gasteiger charge is 2.36. The molecule has 0 amide bonds. The third-order valence-corrected chi connectivity index (χ3v) is 8.94. The van der Waals surface area contributed by atoms with Crippen LogP contribution < -0.4 is 10.1 Å². The van der Waals surface area contributed by atoms with E-state index in [1.807, 2.05) is 0 Å². The average molecular weight is 340 g/mol. The van der Waals surface area contributed by atoms with Gasteiger partial charge in [-0.25, -0.2) is 4.79 Å². The fourth-order valence-corrected chi connectivity index (χ4v) is 2.92. The first-order chi connectivity index (χ1) is 10.6. The van der Waals surface area contributed by atoms with Gasteiger partial charge in [0.25, 0.3) is 0 Å². The average Bonchev–Trinajstić information content (AvgIpc) is 2.45. The molecule has 0 aromatic heterocycles. The Labute approximate surface area is 140 Å². The van der Waals surface area contributed by atoms with Crippen LogP contribution in [0.15, 0.2) is 18.2 Å². The maximum Gasteiger partial charge on any atom is 0.336 e. The Morgan fingerprint density at radius 1 is 1.30 bits per heavy atom. The van der Waals surface area contributed by atoms with Crippen LogP contribution >= 0.6 is 0 Å². The monoisotopic (exact) mass is 339 g/mol. The lowest BCUT2D eigenvalue weighted by Gasteiger charge is -2.36. The quantitative estimate of drug-likeness (QED) is 0.560. The molecule has 0 aliphatic heterocycles. The van der Waals surface area contributed by atoms with Crippen LogP contribution in [-0.2, 0) is 11.0 Å². The molecule has 1 rings (SSSR count). The van der Waals surface area contributed by atoms with E-state index in [-0.39, 0.29) is 5.04 Å². The first kappa shape index (κ1) is 19.7. The van der Waals surface area contributed by atoms with Crippen molar-refractivity contribution < 1.29 is 19.1 Å². The standard InChI is InChI=1S/C17H29NO4Si/c1-17(2,3)23(5,6)22-10-9-18-12-13-11-14(21-4)7-8-15(13)16(19)20/h7-8,11,18H,9-10,12H2,1-6H3,(H,19,20). The molecule has 0 heterocycles. The summed E-state index contributed by atoms with van der Waals surface area (Å²) in [5, 5.41) is 12.7. The number of hydrogen-bond donors (Lipinski definition) is 2. The molecule has 0 bridgehead atoms. The van der Waals surface area contributed by atoms with Crippen molar-refractivity contribution >= 4 is 14.3 Å². The van der Waals surface area contributed by atoms with Gasteiger partial charge in [-0.1, -0.05) is 20.8 Å². The predicted molar refractivity (Wildman–Crippen MR) is 94.8 cm³/mol. The molecular weight excluding hydrogens is 310 g/mol. The van der Waals surface area contributed by atoms with Gasteiger partial charge < -0.3 is 19.6 Å². The summed E-state index contributed by atoms with van der Waals surface area (Å²) in [6, 6.07) is 4.99. The molecule has 6 heteroatoms. The smallest absolute Gasteiger partial charge is 0.336 e. The molecule has 0 atom stereocenters. The molecular formula is C17H29NO4Si. The van der Waals surface area contributed by atoms with Crippen LogP contribution in [0.3, 0.4) is 0 Å². The zero-order chi connectivity index (χ0) is 17.7. The van der Waals surface area contributed by atoms with Crippen molar-refractivity contribution in [1.82, 2.24) is 5.32 Å². The minimum Gasteiger partial charge on any atom is -0.497 e. The van der Waals surface area contributed by atoms with E-state index < -0.39 is 14.3 Å². The molecule has 0 aliphatic rings. The van der Waals surface area contributed by atoms with E-state index in [0.29, 0.717) is 36.6 Å². The molecule has 1 aromatic rings. The summed E-state index contributed by atoms with van der Waals surface area (Å²) in [7, 11) is -0.162. The molecule has 0 unspecified atom stereocenters. The van der Waals surface area contributed by atoms with Gasteiger partial charge in [-0.2, -0.15) is 0 Å². The number of benzene rings is 1. The Morgan fingerprint density at radius 3 is 2.48 bits per heavy atom. The Bertz CT molecular complexity index is 538. The molecule has 0 saturated carbocycles. The van der Waals surface area contributed by atoms with Gasteiger partial charge in [-0.15, -0.1) is 0 Å². The largest absolute Gasteiger partial charge is 0.497 e. The first-order valence-electron chi connectivity index (χ1n) is 7.83. The number of rotatable bonds is 8. The lowest BCUT2D eigenvalue weighted by Crippen LogP contribution is -2.42. The lowest BCUT2D eigenvalue weighted by molar-refractivity contribution is 0.0695. The summed E-state index contributed by atoms with van der Waals surface area (Å²) in [5.41, 5.74) is 1.01. The number of hydrogen-bond acceptors (Lipinski definition) is 4. The van der Waals surface area contributed by atoms with Crippen LogP contribution in [0.1, 0.15) is 36.7 Å². The highest BCUT2D eigenvalue weighted by atomic mass is 28.4. The van der Waals surface area contributed by atoms with E-state index in [2.05, 4.69) is 39.2 Å². The molecule has 0 radical (unpaired) electrons. The lowest BCUT2D eigenvalue weighted by atomic mass is 10.1. The van der Waals surface area contributed by atoms with Gasteiger partial charge in [0.15, 0.2) is 8.32 Å². The molecule has 1 aromatic carbocycles. The van der Waals surface area contributed by atoms with Gasteiger partial charge in [0.2, 0.25) is 0 Å². The second-order valence-corrected chi connectivity index (χ2v) is 11.9. The van der Waals surface area contributed by atoms with Crippen molar-refractivity contribution in [1.29, 1.82) is 0 Å². The zero-order valence-corrected chi connectivity index (χ0v) is 16.0. The highest BCUT2D eigenvalue weighted by molar-refractivity contribution is 6.74. The van der Waals surface area contributed by atoms with E-state index in [4.69, 9.17) is 9.16 Å². The number of methoxy groups -OCH3 is 1. The molecule has 0 spiro atoms. The number of ether oxygens (including phenoxy) is 1. The number of aromatic carboxylic acids is 1. The first-order valence-corrected chi connectivity index (χ1v) is 10.7. The van der Waals surface area contributed by atoms with Crippen LogP contribution in [0.2, 0.25) is 18.1 Å². The summed E-state index contributed by atoms with van der Waals surface area (Å²) < 4.78 is 11.2. The second-order valence-electron chi connectivity index (χ2n) is 7.11. The number of carboxylic acids is 1. The fourth-order valence-electron chi connectivity index (χ4n) is 1.87. The van der Waals surface area contributed by atoms with Gasteiger partial charge >= 0.3 is 5.97 Å². The molecule has 0 fully saturated rings. The van der Waals surface area contributed by atoms with E-state index >= 15 is 0 Å². The summed E-state index contributed by atoms with van der Waals surface area (Å²) in [5.74, 6) is -0.272. The molecule has 130 valence electrons. The highest BCUT2D eigenvalue weighted by Crippen LogP contribution is 2.36. The van der Waals surface area contributed by atoms with Crippen molar-refractivity contribution in [3.63, 3.8) is 0 Å². The van der Waals surface area contributed by atoms with E-state index in [9.17, 15) is 9.90 Å². The van der Waals surface area contributed by atoms with Crippen LogP contribution in [0.25, 0.3) is 0 Å². The van der Waals surface area contributed by atoms with Gasteiger partial charge in [-0.3, -0.25) is 0 Å².